The fourth-order valence-electron chi connectivity index (χ4n) is 1.78. The van der Waals surface area contributed by atoms with Crippen molar-refractivity contribution in [3.05, 3.63) is 63.9 Å². The first kappa shape index (κ1) is 13.7. The van der Waals surface area contributed by atoms with Crippen molar-refractivity contribution in [1.82, 2.24) is 10.3 Å². The van der Waals surface area contributed by atoms with Crippen LogP contribution in [0.4, 0.5) is 0 Å². The summed E-state index contributed by atoms with van der Waals surface area (Å²) in [5.41, 5.74) is 2.84. The van der Waals surface area contributed by atoms with E-state index in [4.69, 9.17) is 0 Å². The number of carbonyl (C=O) groups excluding carboxylic acids is 1. The van der Waals surface area contributed by atoms with Crippen molar-refractivity contribution < 1.29 is 4.79 Å². The second kappa shape index (κ2) is 6.48. The highest BCUT2D eigenvalue weighted by Gasteiger charge is 2.10. The molecule has 1 heterocycles. The van der Waals surface area contributed by atoms with Crippen LogP contribution >= 0.6 is 15.9 Å². The number of carbonyl (C=O) groups is 1. The molecule has 98 valence electrons. The first-order valence-electron chi connectivity index (χ1n) is 6.10. The lowest BCUT2D eigenvalue weighted by Crippen LogP contribution is -2.26. The number of pyridine rings is 1. The van der Waals surface area contributed by atoms with E-state index in [9.17, 15) is 4.79 Å². The van der Waals surface area contributed by atoms with Crippen molar-refractivity contribution in [2.45, 2.75) is 13.3 Å². The van der Waals surface area contributed by atoms with Crippen LogP contribution in [0.3, 0.4) is 0 Å². The zero-order valence-electron chi connectivity index (χ0n) is 10.7. The number of amides is 1. The molecule has 0 aliphatic rings. The SMILES string of the molecule is Cc1cccc(C(=O)NCCc2cccnc2)c1Br. The Bertz CT molecular complexity index is 570. The minimum Gasteiger partial charge on any atom is -0.352 e. The molecule has 1 aromatic carbocycles. The van der Waals surface area contributed by atoms with Gasteiger partial charge in [-0.25, -0.2) is 0 Å². The molecule has 0 fully saturated rings. The molecule has 3 nitrogen and oxygen atoms in total. The van der Waals surface area contributed by atoms with E-state index in [0.717, 1.165) is 22.0 Å². The highest BCUT2D eigenvalue weighted by Crippen LogP contribution is 2.20. The topological polar surface area (TPSA) is 42.0 Å². The van der Waals surface area contributed by atoms with Crippen molar-refractivity contribution >= 4 is 21.8 Å². The number of hydrogen-bond acceptors (Lipinski definition) is 2. The average molecular weight is 319 g/mol. The summed E-state index contributed by atoms with van der Waals surface area (Å²) < 4.78 is 0.855. The van der Waals surface area contributed by atoms with Gasteiger partial charge in [-0.15, -0.1) is 0 Å². The van der Waals surface area contributed by atoms with Gasteiger partial charge in [0.25, 0.3) is 5.91 Å². The molecular formula is C15H15BrN2O. The van der Waals surface area contributed by atoms with E-state index in [1.54, 1.807) is 6.20 Å². The molecule has 0 unspecified atom stereocenters. The Balaban J connectivity index is 1.93. The Labute approximate surface area is 121 Å². The van der Waals surface area contributed by atoms with E-state index in [1.165, 1.54) is 0 Å². The minimum absolute atomic E-state index is 0.0561. The molecule has 2 aromatic rings. The average Bonchev–Trinajstić information content (AvgIpc) is 2.43. The number of nitrogens with zero attached hydrogens (tertiary/aromatic N) is 1. The number of benzene rings is 1. The van der Waals surface area contributed by atoms with Gasteiger partial charge < -0.3 is 5.32 Å². The van der Waals surface area contributed by atoms with Crippen LogP contribution in [0.5, 0.6) is 0 Å². The van der Waals surface area contributed by atoms with Crippen LogP contribution in [0.15, 0.2) is 47.2 Å². The van der Waals surface area contributed by atoms with E-state index >= 15 is 0 Å². The molecule has 0 aliphatic carbocycles. The Morgan fingerprint density at radius 3 is 2.89 bits per heavy atom. The van der Waals surface area contributed by atoms with E-state index in [2.05, 4.69) is 26.2 Å². The van der Waals surface area contributed by atoms with Gasteiger partial charge in [0.15, 0.2) is 0 Å². The highest BCUT2D eigenvalue weighted by molar-refractivity contribution is 9.10. The maximum atomic E-state index is 12.1. The minimum atomic E-state index is -0.0561. The molecule has 0 atom stereocenters. The molecule has 2 rings (SSSR count). The van der Waals surface area contributed by atoms with Gasteiger partial charge in [0, 0.05) is 23.4 Å². The molecule has 0 radical (unpaired) electrons. The smallest absolute Gasteiger partial charge is 0.252 e. The van der Waals surface area contributed by atoms with Crippen LogP contribution in [0.1, 0.15) is 21.5 Å². The molecule has 1 aromatic heterocycles. The maximum Gasteiger partial charge on any atom is 0.252 e. The van der Waals surface area contributed by atoms with Crippen molar-refractivity contribution in [3.8, 4) is 0 Å². The standard InChI is InChI=1S/C15H15BrN2O/c1-11-4-2-6-13(14(11)16)15(19)18-9-7-12-5-3-8-17-10-12/h2-6,8,10H,7,9H2,1H3,(H,18,19). The van der Waals surface area contributed by atoms with E-state index in [1.807, 2.05) is 43.5 Å². The molecule has 0 aliphatic heterocycles. The van der Waals surface area contributed by atoms with Gasteiger partial charge in [-0.2, -0.15) is 0 Å². The van der Waals surface area contributed by atoms with Crippen LogP contribution in [0.25, 0.3) is 0 Å². The van der Waals surface area contributed by atoms with Gasteiger partial charge in [0.2, 0.25) is 0 Å². The quantitative estimate of drug-likeness (QED) is 0.941. The number of aryl methyl sites for hydroxylation is 1. The molecule has 0 saturated carbocycles. The monoisotopic (exact) mass is 318 g/mol. The summed E-state index contributed by atoms with van der Waals surface area (Å²) >= 11 is 3.45. The fourth-order valence-corrected chi connectivity index (χ4v) is 2.23. The van der Waals surface area contributed by atoms with Crippen LogP contribution in [0.2, 0.25) is 0 Å². The van der Waals surface area contributed by atoms with Crippen LogP contribution in [-0.2, 0) is 6.42 Å². The van der Waals surface area contributed by atoms with Gasteiger partial charge in [-0.05, 0) is 52.5 Å². The lowest BCUT2D eigenvalue weighted by atomic mass is 10.1. The summed E-state index contributed by atoms with van der Waals surface area (Å²) in [6.07, 6.45) is 4.34. The molecule has 19 heavy (non-hydrogen) atoms. The largest absolute Gasteiger partial charge is 0.352 e. The fraction of sp³-hybridized carbons (Fsp3) is 0.200. The first-order valence-corrected chi connectivity index (χ1v) is 6.90. The van der Waals surface area contributed by atoms with Gasteiger partial charge in [-0.3, -0.25) is 9.78 Å². The van der Waals surface area contributed by atoms with Gasteiger partial charge in [0.05, 0.1) is 5.56 Å². The molecule has 1 N–H and O–H groups in total. The second-order valence-electron chi connectivity index (χ2n) is 4.30. The summed E-state index contributed by atoms with van der Waals surface area (Å²) in [5.74, 6) is -0.0561. The van der Waals surface area contributed by atoms with Crippen LogP contribution in [-0.4, -0.2) is 17.4 Å². The Kier molecular flexibility index (Phi) is 4.68. The molecule has 0 spiro atoms. The van der Waals surface area contributed by atoms with E-state index in [0.29, 0.717) is 12.1 Å². The number of hydrogen-bond donors (Lipinski definition) is 1. The molecule has 1 amide bonds. The van der Waals surface area contributed by atoms with Crippen molar-refractivity contribution in [2.24, 2.45) is 0 Å². The van der Waals surface area contributed by atoms with Crippen LogP contribution in [0, 0.1) is 6.92 Å². The maximum absolute atomic E-state index is 12.1. The van der Waals surface area contributed by atoms with Crippen molar-refractivity contribution in [2.75, 3.05) is 6.54 Å². The number of nitrogens with one attached hydrogen (secondary N) is 1. The number of rotatable bonds is 4. The van der Waals surface area contributed by atoms with E-state index in [-0.39, 0.29) is 5.91 Å². The summed E-state index contributed by atoms with van der Waals surface area (Å²) in [6.45, 7) is 2.57. The molecule has 0 saturated heterocycles. The third-order valence-corrected chi connectivity index (χ3v) is 3.91. The zero-order valence-corrected chi connectivity index (χ0v) is 12.3. The predicted octanol–water partition coefficient (Wildman–Crippen LogP) is 3.13. The lowest BCUT2D eigenvalue weighted by Gasteiger charge is -2.08. The third kappa shape index (κ3) is 3.64. The summed E-state index contributed by atoms with van der Waals surface area (Å²) in [7, 11) is 0. The third-order valence-electron chi connectivity index (χ3n) is 2.86. The number of halogens is 1. The van der Waals surface area contributed by atoms with E-state index < -0.39 is 0 Å². The van der Waals surface area contributed by atoms with Crippen molar-refractivity contribution in [1.29, 1.82) is 0 Å². The van der Waals surface area contributed by atoms with Gasteiger partial charge in [0.1, 0.15) is 0 Å². The highest BCUT2D eigenvalue weighted by atomic mass is 79.9. The summed E-state index contributed by atoms with van der Waals surface area (Å²) in [4.78, 5) is 16.1. The second-order valence-corrected chi connectivity index (χ2v) is 5.10. The molecular weight excluding hydrogens is 304 g/mol. The lowest BCUT2D eigenvalue weighted by molar-refractivity contribution is 0.0953. The van der Waals surface area contributed by atoms with Crippen molar-refractivity contribution in [3.63, 3.8) is 0 Å². The summed E-state index contributed by atoms with van der Waals surface area (Å²) in [5, 5.41) is 2.92. The Morgan fingerprint density at radius 1 is 1.32 bits per heavy atom. The number of aromatic nitrogens is 1. The summed E-state index contributed by atoms with van der Waals surface area (Å²) in [6, 6.07) is 9.57. The normalized spacial score (nSPS) is 10.2. The predicted molar refractivity (Wildman–Crippen MR) is 79.2 cm³/mol. The van der Waals surface area contributed by atoms with Gasteiger partial charge in [-0.1, -0.05) is 18.2 Å². The molecule has 0 bridgehead atoms. The molecule has 4 heteroatoms. The van der Waals surface area contributed by atoms with Crippen LogP contribution < -0.4 is 5.32 Å². The Morgan fingerprint density at radius 2 is 2.16 bits per heavy atom. The Hall–Kier alpha value is -1.68. The zero-order chi connectivity index (χ0) is 13.7. The van der Waals surface area contributed by atoms with Gasteiger partial charge >= 0.3 is 0 Å². The first-order chi connectivity index (χ1) is 9.18.